The lowest BCUT2D eigenvalue weighted by Crippen LogP contribution is -2.34. The van der Waals surface area contributed by atoms with E-state index in [2.05, 4.69) is 17.3 Å². The van der Waals surface area contributed by atoms with Crippen LogP contribution in [-0.2, 0) is 24.5 Å². The highest BCUT2D eigenvalue weighted by molar-refractivity contribution is 7.51. The number of aromatic nitrogens is 2. The maximum atomic E-state index is 13.5. The Balaban J connectivity index is 0.00000206. The van der Waals surface area contributed by atoms with E-state index in [4.69, 9.17) is 24.8 Å². The minimum atomic E-state index is -4.53. The summed E-state index contributed by atoms with van der Waals surface area (Å²) in [5, 5.41) is 17.5. The zero-order valence-corrected chi connectivity index (χ0v) is 26.1. The van der Waals surface area contributed by atoms with Crippen LogP contribution in [0.5, 0.6) is 5.75 Å². The van der Waals surface area contributed by atoms with Gasteiger partial charge in [0, 0.05) is 12.1 Å². The molecule has 0 saturated heterocycles. The van der Waals surface area contributed by atoms with Gasteiger partial charge in [0.2, 0.25) is 0 Å². The molecule has 1 saturated carbocycles. The number of ether oxygens (including phenoxy) is 1. The highest BCUT2D eigenvalue weighted by atomic mass is 35.5. The number of hydrogen-bond acceptors (Lipinski definition) is 6. The van der Waals surface area contributed by atoms with Gasteiger partial charge in [-0.2, -0.15) is 35.5 Å². The van der Waals surface area contributed by atoms with Crippen molar-refractivity contribution in [3.8, 4) is 17.0 Å². The highest BCUT2D eigenvalue weighted by Crippen LogP contribution is 2.43. The molecule has 1 heterocycles. The molecular weight excluding hydrogens is 621 g/mol. The van der Waals surface area contributed by atoms with Crippen molar-refractivity contribution < 1.29 is 45.0 Å². The van der Waals surface area contributed by atoms with Crippen molar-refractivity contribution in [3.63, 3.8) is 0 Å². The van der Waals surface area contributed by atoms with Crippen LogP contribution in [0.1, 0.15) is 76.4 Å². The molecule has 0 spiro atoms. The van der Waals surface area contributed by atoms with E-state index in [0.717, 1.165) is 45.6 Å². The number of aliphatic hydroxyl groups is 1. The fourth-order valence-corrected chi connectivity index (χ4v) is 5.18. The third-order valence-electron chi connectivity index (χ3n) is 7.26. The van der Waals surface area contributed by atoms with Crippen LogP contribution in [0.4, 0.5) is 22.0 Å². The number of nitrogens with one attached hydrogen (secondary N) is 1. The summed E-state index contributed by atoms with van der Waals surface area (Å²) in [7, 11) is 0. The summed E-state index contributed by atoms with van der Waals surface area (Å²) in [5.74, 6) is -0.0137. The first-order valence-electron chi connectivity index (χ1n) is 13.6. The van der Waals surface area contributed by atoms with E-state index in [0.29, 0.717) is 18.4 Å². The maximum absolute atomic E-state index is 13.5. The smallest absolute Gasteiger partial charge is 0.394 e. The van der Waals surface area contributed by atoms with Crippen LogP contribution >= 0.6 is 11.6 Å². The van der Waals surface area contributed by atoms with Crippen LogP contribution in [0.3, 0.4) is 0 Å². The number of halogens is 6. The number of carbonyl (C=O) groups is 1. The Morgan fingerprint density at radius 3 is 2.26 bits per heavy atom. The van der Waals surface area contributed by atoms with Gasteiger partial charge < -0.3 is 15.2 Å². The summed E-state index contributed by atoms with van der Waals surface area (Å²) in [6.07, 6.45) is -0.884. The van der Waals surface area contributed by atoms with Crippen molar-refractivity contribution in [2.75, 3.05) is 6.54 Å². The number of nitrogens with zero attached hydrogens (tertiary/aromatic N) is 2. The molecule has 0 atom stereocenters. The Morgan fingerprint density at radius 2 is 1.74 bits per heavy atom. The molecule has 0 unspecified atom stereocenters. The van der Waals surface area contributed by atoms with E-state index < -0.39 is 53.5 Å². The largest absolute Gasteiger partial charge is 0.434 e. The molecule has 1 aromatic carbocycles. The molecular formula is C28H37ClF5N3O5S. The molecule has 3 rings (SSSR count). The topological polar surface area (TPSA) is 111 Å². The van der Waals surface area contributed by atoms with E-state index in [9.17, 15) is 31.9 Å². The van der Waals surface area contributed by atoms with Gasteiger partial charge in [-0.1, -0.05) is 51.3 Å². The third kappa shape index (κ3) is 10.5. The fourth-order valence-electron chi connectivity index (χ4n) is 4.85. The molecule has 1 aromatic heterocycles. The lowest BCUT2D eigenvalue weighted by molar-refractivity contribution is -0.211. The lowest BCUT2D eigenvalue weighted by Gasteiger charge is -2.28. The van der Waals surface area contributed by atoms with Crippen molar-refractivity contribution in [1.82, 2.24) is 15.1 Å². The first-order chi connectivity index (χ1) is 19.8. The Kier molecular flexibility index (Phi) is 12.7. The summed E-state index contributed by atoms with van der Waals surface area (Å²) in [5.41, 5.74) is -3.48. The quantitative estimate of drug-likeness (QED) is 0.279. The monoisotopic (exact) mass is 657 g/mol. The highest BCUT2D eigenvalue weighted by Gasteiger charge is 2.47. The normalized spacial score (nSPS) is 17.7. The van der Waals surface area contributed by atoms with Gasteiger partial charge in [-0.05, 0) is 62.6 Å². The number of amides is 1. The summed E-state index contributed by atoms with van der Waals surface area (Å²) in [6, 6.07) is 3.79. The van der Waals surface area contributed by atoms with Crippen LogP contribution in [-0.4, -0.2) is 54.1 Å². The SMILES string of the molecule is CC1CCC(CNC(=O)c2nn(CC(C)(C)O)c(-c3ccc(CC(C)(C)C(F)(F)F)cc3OC(F)F)c2Cl)CC1.O=S=O. The molecule has 2 aromatic rings. The number of hydrogen-bond donors (Lipinski definition) is 2. The second-order valence-electron chi connectivity index (χ2n) is 12.2. The van der Waals surface area contributed by atoms with Gasteiger partial charge in [-0.25, -0.2) is 0 Å². The molecule has 43 heavy (non-hydrogen) atoms. The number of alkyl halides is 5. The Labute approximate surface area is 255 Å². The average molecular weight is 658 g/mol. The van der Waals surface area contributed by atoms with Crippen molar-refractivity contribution in [2.24, 2.45) is 17.3 Å². The zero-order chi connectivity index (χ0) is 32.8. The molecule has 15 heteroatoms. The molecule has 0 aliphatic heterocycles. The molecule has 1 aliphatic carbocycles. The first kappa shape index (κ1) is 36.6. The van der Waals surface area contributed by atoms with Crippen molar-refractivity contribution in [1.29, 1.82) is 0 Å². The average Bonchev–Trinajstić information content (AvgIpc) is 3.17. The summed E-state index contributed by atoms with van der Waals surface area (Å²) in [4.78, 5) is 13.1. The Morgan fingerprint density at radius 1 is 1.16 bits per heavy atom. The maximum Gasteiger partial charge on any atom is 0.394 e. The van der Waals surface area contributed by atoms with Crippen LogP contribution in [0.15, 0.2) is 18.2 Å². The summed E-state index contributed by atoms with van der Waals surface area (Å²) in [6.45, 7) is 4.21. The molecule has 1 aliphatic rings. The lowest BCUT2D eigenvalue weighted by atomic mass is 9.83. The van der Waals surface area contributed by atoms with Crippen LogP contribution in [0, 0.1) is 17.3 Å². The minimum Gasteiger partial charge on any atom is -0.434 e. The number of rotatable bonds is 10. The van der Waals surface area contributed by atoms with Gasteiger partial charge in [0.05, 0.1) is 28.3 Å². The van der Waals surface area contributed by atoms with Crippen molar-refractivity contribution in [3.05, 3.63) is 34.5 Å². The Bertz CT molecular complexity index is 1280. The van der Waals surface area contributed by atoms with E-state index in [1.54, 1.807) is 0 Å². The molecule has 0 bridgehead atoms. The molecule has 2 N–H and O–H groups in total. The predicted octanol–water partition coefficient (Wildman–Crippen LogP) is 6.59. The van der Waals surface area contributed by atoms with E-state index >= 15 is 0 Å². The summed E-state index contributed by atoms with van der Waals surface area (Å²) < 4.78 is 89.8. The summed E-state index contributed by atoms with van der Waals surface area (Å²) >= 11 is 5.88. The van der Waals surface area contributed by atoms with E-state index in [1.165, 1.54) is 30.7 Å². The van der Waals surface area contributed by atoms with Crippen LogP contribution in [0.25, 0.3) is 11.3 Å². The van der Waals surface area contributed by atoms with Gasteiger partial charge in [-0.3, -0.25) is 9.48 Å². The molecule has 242 valence electrons. The number of benzene rings is 1. The second kappa shape index (κ2) is 14.9. The second-order valence-corrected chi connectivity index (χ2v) is 12.7. The Hall–Kier alpha value is -2.58. The van der Waals surface area contributed by atoms with E-state index in [1.807, 2.05) is 0 Å². The standard InChI is InChI=1S/C28H37ClF5N3O3.O2S/c1-16-6-8-17(9-7-16)14-35-24(38)22-21(29)23(37(36-22)15-27(4,5)39)19-11-10-18(12-20(19)40-25(30)31)13-26(2,3)28(32,33)34;1-3-2/h10-12,16-17,25,39H,6-9,13-15H2,1-5H3,(H,35,38);. The van der Waals surface area contributed by atoms with Gasteiger partial charge in [-0.15, -0.1) is 0 Å². The fraction of sp³-hybridized carbons (Fsp3) is 0.643. The number of carbonyl (C=O) groups excluding carboxylic acids is 1. The zero-order valence-electron chi connectivity index (χ0n) is 24.6. The van der Waals surface area contributed by atoms with Crippen LogP contribution in [0.2, 0.25) is 5.02 Å². The molecule has 8 nitrogen and oxygen atoms in total. The van der Waals surface area contributed by atoms with Crippen LogP contribution < -0.4 is 10.1 Å². The van der Waals surface area contributed by atoms with E-state index in [-0.39, 0.29) is 34.1 Å². The van der Waals surface area contributed by atoms with Gasteiger partial charge in [0.1, 0.15) is 5.75 Å². The van der Waals surface area contributed by atoms with Gasteiger partial charge >= 0.3 is 24.4 Å². The van der Waals surface area contributed by atoms with Crippen molar-refractivity contribution >= 4 is 29.1 Å². The predicted molar refractivity (Wildman–Crippen MR) is 152 cm³/mol. The van der Waals surface area contributed by atoms with Crippen molar-refractivity contribution in [2.45, 2.75) is 91.7 Å². The molecule has 1 amide bonds. The first-order valence-corrected chi connectivity index (χ1v) is 14.7. The van der Waals surface area contributed by atoms with Gasteiger partial charge in [0.25, 0.3) is 5.91 Å². The molecule has 0 radical (unpaired) electrons. The molecule has 1 fully saturated rings. The minimum absolute atomic E-state index is 0.00377. The van der Waals surface area contributed by atoms with Gasteiger partial charge in [0.15, 0.2) is 5.69 Å². The third-order valence-corrected chi connectivity index (χ3v) is 7.62.